The first-order chi connectivity index (χ1) is 6.59. The smallest absolute Gasteiger partial charge is 0.0830 e. The van der Waals surface area contributed by atoms with E-state index in [0.29, 0.717) is 0 Å². The summed E-state index contributed by atoms with van der Waals surface area (Å²) in [6.07, 6.45) is 0. The van der Waals surface area contributed by atoms with Crippen molar-refractivity contribution in [2.75, 3.05) is 0 Å². The third kappa shape index (κ3) is 1.38. The van der Waals surface area contributed by atoms with Crippen LogP contribution in [0.5, 0.6) is 0 Å². The zero-order valence-electron chi connectivity index (χ0n) is 7.33. The van der Waals surface area contributed by atoms with Crippen LogP contribution in [0, 0.1) is 6.92 Å². The lowest BCUT2D eigenvalue weighted by Crippen LogP contribution is -2.21. The number of aromatic carboxylic acids is 1. The highest BCUT2D eigenvalue weighted by Gasteiger charge is 2.10. The number of carboxylic acids is 1. The second-order valence-corrected chi connectivity index (χ2v) is 4.46. The van der Waals surface area contributed by atoms with Gasteiger partial charge in [-0.15, -0.1) is 11.3 Å². The van der Waals surface area contributed by atoms with Crippen LogP contribution >= 0.6 is 22.9 Å². The van der Waals surface area contributed by atoms with E-state index >= 15 is 0 Å². The van der Waals surface area contributed by atoms with E-state index in [9.17, 15) is 9.90 Å². The Bertz CT molecular complexity index is 516. The third-order valence-electron chi connectivity index (χ3n) is 1.97. The fourth-order valence-electron chi connectivity index (χ4n) is 1.30. The number of carbonyl (C=O) groups excluding carboxylic acids is 1. The van der Waals surface area contributed by atoms with Gasteiger partial charge in [-0.3, -0.25) is 0 Å². The summed E-state index contributed by atoms with van der Waals surface area (Å²) in [7, 11) is 0. The van der Waals surface area contributed by atoms with Crippen molar-refractivity contribution in [2.24, 2.45) is 0 Å². The largest absolute Gasteiger partial charge is 0.544 e. The molecule has 1 heterocycles. The maximum Gasteiger partial charge on any atom is 0.0830 e. The van der Waals surface area contributed by atoms with Gasteiger partial charge in [0.25, 0.3) is 0 Å². The summed E-state index contributed by atoms with van der Waals surface area (Å²) in [6, 6.07) is 5.65. The number of hydrogen-bond acceptors (Lipinski definition) is 3. The number of rotatable bonds is 1. The summed E-state index contributed by atoms with van der Waals surface area (Å²) >= 11 is 7.05. The average molecular weight is 226 g/mol. The van der Waals surface area contributed by atoms with Gasteiger partial charge >= 0.3 is 0 Å². The molecule has 0 spiro atoms. The Morgan fingerprint density at radius 2 is 2.21 bits per heavy atom. The van der Waals surface area contributed by atoms with E-state index in [4.69, 9.17) is 11.6 Å². The van der Waals surface area contributed by atoms with E-state index in [-0.39, 0.29) is 9.90 Å². The zero-order valence-corrected chi connectivity index (χ0v) is 8.91. The van der Waals surface area contributed by atoms with Gasteiger partial charge in [0, 0.05) is 10.1 Å². The molecular formula is C10H6ClO2S-. The van der Waals surface area contributed by atoms with Gasteiger partial charge in [0.15, 0.2) is 0 Å². The van der Waals surface area contributed by atoms with Crippen LogP contribution in [0.4, 0.5) is 0 Å². The predicted molar refractivity (Wildman–Crippen MR) is 55.9 cm³/mol. The molecular weight excluding hydrogens is 220 g/mol. The molecule has 0 aliphatic carbocycles. The molecule has 0 radical (unpaired) electrons. The molecule has 0 saturated heterocycles. The molecule has 0 saturated carbocycles. The van der Waals surface area contributed by atoms with Crippen molar-refractivity contribution in [3.8, 4) is 0 Å². The zero-order chi connectivity index (χ0) is 10.3. The van der Waals surface area contributed by atoms with Gasteiger partial charge in [-0.1, -0.05) is 23.7 Å². The molecule has 0 unspecified atom stereocenters. The van der Waals surface area contributed by atoms with E-state index < -0.39 is 5.97 Å². The van der Waals surface area contributed by atoms with Gasteiger partial charge in [-0.05, 0) is 18.6 Å². The summed E-state index contributed by atoms with van der Waals surface area (Å²) < 4.78 is 0.884. The van der Waals surface area contributed by atoms with E-state index in [1.807, 2.05) is 25.1 Å². The number of halogens is 1. The second-order valence-electron chi connectivity index (χ2n) is 3.03. The van der Waals surface area contributed by atoms with Gasteiger partial charge < -0.3 is 9.90 Å². The molecule has 2 aromatic rings. The third-order valence-corrected chi connectivity index (χ3v) is 3.61. The summed E-state index contributed by atoms with van der Waals surface area (Å²) in [5.41, 5.74) is 1.08. The van der Waals surface area contributed by atoms with Crippen LogP contribution in [0.2, 0.25) is 5.02 Å². The highest BCUT2D eigenvalue weighted by atomic mass is 35.5. The Hall–Kier alpha value is -1.06. The molecule has 1 aromatic heterocycles. The summed E-state index contributed by atoms with van der Waals surface area (Å²) in [4.78, 5) is 10.8. The number of benzene rings is 1. The minimum absolute atomic E-state index is 0.104. The topological polar surface area (TPSA) is 40.1 Å². The first kappa shape index (κ1) is 9.49. The molecule has 0 aliphatic heterocycles. The normalized spacial score (nSPS) is 10.7. The van der Waals surface area contributed by atoms with E-state index in [2.05, 4.69) is 0 Å². The lowest BCUT2D eigenvalue weighted by atomic mass is 10.2. The van der Waals surface area contributed by atoms with Crippen LogP contribution in [-0.4, -0.2) is 5.97 Å². The highest BCUT2D eigenvalue weighted by Crippen LogP contribution is 2.35. The molecule has 0 bridgehead atoms. The van der Waals surface area contributed by atoms with Gasteiger partial charge in [-0.2, -0.15) is 0 Å². The standard InChI is InChI=1S/C10H7ClO2S/c1-5-2-3-6-7(4-5)14-9(8(6)11)10(12)13/h2-4H,1H3,(H,12,13)/p-1. The molecule has 0 amide bonds. The Labute approximate surface area is 89.7 Å². The lowest BCUT2D eigenvalue weighted by Gasteiger charge is -1.96. The van der Waals surface area contributed by atoms with Crippen LogP contribution in [0.1, 0.15) is 15.2 Å². The number of fused-ring (bicyclic) bond motifs is 1. The quantitative estimate of drug-likeness (QED) is 0.747. The van der Waals surface area contributed by atoms with Crippen LogP contribution < -0.4 is 5.11 Å². The van der Waals surface area contributed by atoms with Crippen molar-refractivity contribution < 1.29 is 9.90 Å². The molecule has 1 aromatic carbocycles. The summed E-state index contributed by atoms with van der Waals surface area (Å²) in [5, 5.41) is 11.8. The van der Waals surface area contributed by atoms with Crippen LogP contribution in [0.3, 0.4) is 0 Å². The Kier molecular flexibility index (Phi) is 2.21. The Morgan fingerprint density at radius 3 is 2.86 bits per heavy atom. The van der Waals surface area contributed by atoms with Crippen molar-refractivity contribution >= 4 is 39.0 Å². The number of aryl methyl sites for hydroxylation is 1. The minimum atomic E-state index is -1.21. The van der Waals surface area contributed by atoms with Crippen molar-refractivity contribution in [1.29, 1.82) is 0 Å². The Balaban J connectivity index is 2.79. The molecule has 72 valence electrons. The van der Waals surface area contributed by atoms with Crippen molar-refractivity contribution in [2.45, 2.75) is 6.92 Å². The molecule has 0 aliphatic rings. The average Bonchev–Trinajstić information content (AvgIpc) is 2.43. The Morgan fingerprint density at radius 1 is 1.50 bits per heavy atom. The number of thiophene rings is 1. The van der Waals surface area contributed by atoms with Crippen molar-refractivity contribution in [3.63, 3.8) is 0 Å². The van der Waals surface area contributed by atoms with Crippen LogP contribution in [0.15, 0.2) is 18.2 Å². The molecule has 0 atom stereocenters. The summed E-state index contributed by atoms with van der Waals surface area (Å²) in [6.45, 7) is 1.95. The van der Waals surface area contributed by atoms with Gasteiger partial charge in [-0.25, -0.2) is 0 Å². The molecule has 14 heavy (non-hydrogen) atoms. The maximum atomic E-state index is 10.7. The summed E-state index contributed by atoms with van der Waals surface area (Å²) in [5.74, 6) is -1.21. The predicted octanol–water partition coefficient (Wildman–Crippen LogP) is 2.23. The lowest BCUT2D eigenvalue weighted by molar-refractivity contribution is -0.254. The van der Waals surface area contributed by atoms with E-state index in [1.54, 1.807) is 0 Å². The fraction of sp³-hybridized carbons (Fsp3) is 0.100. The van der Waals surface area contributed by atoms with Gasteiger partial charge in [0.1, 0.15) is 0 Å². The monoisotopic (exact) mass is 225 g/mol. The van der Waals surface area contributed by atoms with Gasteiger partial charge in [0.2, 0.25) is 0 Å². The number of hydrogen-bond donors (Lipinski definition) is 0. The highest BCUT2D eigenvalue weighted by molar-refractivity contribution is 7.21. The fourth-order valence-corrected chi connectivity index (χ4v) is 2.75. The van der Waals surface area contributed by atoms with E-state index in [0.717, 1.165) is 27.0 Å². The molecule has 0 N–H and O–H groups in total. The first-order valence-corrected chi connectivity index (χ1v) is 5.19. The molecule has 2 rings (SSSR count). The maximum absolute atomic E-state index is 10.7. The first-order valence-electron chi connectivity index (χ1n) is 3.99. The minimum Gasteiger partial charge on any atom is -0.544 e. The van der Waals surface area contributed by atoms with Crippen molar-refractivity contribution in [1.82, 2.24) is 0 Å². The number of carboxylic acid groups (broad SMARTS) is 1. The molecule has 4 heteroatoms. The number of carbonyl (C=O) groups is 1. The van der Waals surface area contributed by atoms with Crippen LogP contribution in [-0.2, 0) is 0 Å². The molecule has 0 fully saturated rings. The molecule has 2 nitrogen and oxygen atoms in total. The van der Waals surface area contributed by atoms with Gasteiger partial charge in [0.05, 0.1) is 15.9 Å². The van der Waals surface area contributed by atoms with Crippen LogP contribution in [0.25, 0.3) is 10.1 Å². The van der Waals surface area contributed by atoms with Crippen molar-refractivity contribution in [3.05, 3.63) is 33.7 Å². The second kappa shape index (κ2) is 3.26. The van der Waals surface area contributed by atoms with E-state index in [1.165, 1.54) is 0 Å². The SMILES string of the molecule is Cc1ccc2c(Cl)c(C(=O)[O-])sc2c1.